The normalized spacial score (nSPS) is 12.5. The molecule has 21 heteroatoms. The first-order valence-corrected chi connectivity index (χ1v) is 23.3. The number of ketones is 2. The van der Waals surface area contributed by atoms with Gasteiger partial charge in [-0.25, -0.2) is 0 Å². The van der Waals surface area contributed by atoms with Crippen molar-refractivity contribution in [3.8, 4) is 11.5 Å². The van der Waals surface area contributed by atoms with Crippen molar-refractivity contribution in [2.24, 2.45) is 20.5 Å². The second kappa shape index (κ2) is 25.3. The third-order valence-corrected chi connectivity index (χ3v) is 11.1. The average molecular weight is 1040 g/mol. The number of benzene rings is 5. The minimum absolute atomic E-state index is 0.00747. The molecule has 0 saturated carbocycles. The van der Waals surface area contributed by atoms with Gasteiger partial charge in [0.25, 0.3) is 23.6 Å². The van der Waals surface area contributed by atoms with Crippen LogP contribution in [0.5, 0.6) is 11.5 Å². The van der Waals surface area contributed by atoms with Crippen LogP contribution in [0.3, 0.4) is 0 Å². The van der Waals surface area contributed by atoms with Gasteiger partial charge in [0.2, 0.25) is 12.1 Å². The zero-order valence-corrected chi connectivity index (χ0v) is 41.4. The van der Waals surface area contributed by atoms with Gasteiger partial charge < -0.3 is 30.7 Å². The highest BCUT2D eigenvalue weighted by Gasteiger charge is 2.27. The van der Waals surface area contributed by atoms with Crippen LogP contribution in [-0.4, -0.2) is 60.5 Å². The third kappa shape index (κ3) is 15.0. The minimum Gasteiger partial charge on any atom is -0.494 e. The molecule has 0 fully saturated rings. The summed E-state index contributed by atoms with van der Waals surface area (Å²) >= 11 is 31.3. The first kappa shape index (κ1) is 53.5. The Balaban J connectivity index is 1.28. The van der Waals surface area contributed by atoms with Crippen LogP contribution in [0.4, 0.5) is 34.1 Å². The summed E-state index contributed by atoms with van der Waals surface area (Å²) in [7, 11) is 0. The van der Waals surface area contributed by atoms with Crippen LogP contribution in [-0.2, 0) is 30.9 Å². The van der Waals surface area contributed by atoms with Crippen LogP contribution in [0, 0.1) is 0 Å². The highest BCUT2D eigenvalue weighted by Crippen LogP contribution is 2.33. The molecule has 5 rings (SSSR count). The van der Waals surface area contributed by atoms with E-state index in [2.05, 4.69) is 41.7 Å². The molecule has 360 valence electrons. The third-order valence-electron chi connectivity index (χ3n) is 9.63. The van der Waals surface area contributed by atoms with E-state index in [0.29, 0.717) is 41.7 Å². The summed E-state index contributed by atoms with van der Waals surface area (Å²) in [6.45, 7) is 8.39. The Morgan fingerprint density at radius 3 is 1.42 bits per heavy atom. The van der Waals surface area contributed by atoms with Crippen LogP contribution >= 0.6 is 58.0 Å². The molecule has 5 aromatic carbocycles. The molecule has 3 unspecified atom stereocenters. The Labute approximate surface area is 422 Å². The summed E-state index contributed by atoms with van der Waals surface area (Å²) in [5.41, 5.74) is 3.32. The molecule has 0 spiro atoms. The SMILES string of the molecule is CCOc1cc(CCl)cc(NC(=O)c2ccc(Cl)c(N=NC(C(C)=O)C(=O)Nc3ccc(NC(=O)C(N=Nc4cc(C(=O)Nc5cc(CCl)cc(OCC)c5)ccc4Cl)C(C)=O)c(C(C)Cl)c3)c2)c1. The number of anilines is 4. The van der Waals surface area contributed by atoms with Gasteiger partial charge in [-0.3, -0.25) is 28.8 Å². The summed E-state index contributed by atoms with van der Waals surface area (Å²) in [5, 5.41) is 26.3. The van der Waals surface area contributed by atoms with Crippen molar-refractivity contribution >= 4 is 127 Å². The van der Waals surface area contributed by atoms with Crippen molar-refractivity contribution < 1.29 is 38.2 Å². The summed E-state index contributed by atoms with van der Waals surface area (Å²) in [5.74, 6) is -2.65. The average Bonchev–Trinajstić information content (AvgIpc) is 3.30. The predicted octanol–water partition coefficient (Wildman–Crippen LogP) is 12.4. The fourth-order valence-electron chi connectivity index (χ4n) is 6.36. The molecule has 3 atom stereocenters. The first-order valence-electron chi connectivity index (χ1n) is 21.0. The number of ether oxygens (including phenoxy) is 2. The summed E-state index contributed by atoms with van der Waals surface area (Å²) < 4.78 is 11.1. The van der Waals surface area contributed by atoms with Crippen LogP contribution < -0.4 is 30.7 Å². The second-order valence-electron chi connectivity index (χ2n) is 15.0. The van der Waals surface area contributed by atoms with Gasteiger partial charge in [-0.1, -0.05) is 23.2 Å². The first-order chi connectivity index (χ1) is 32.9. The number of nitrogens with one attached hydrogen (secondary N) is 4. The number of hydrogen-bond acceptors (Lipinski definition) is 12. The van der Waals surface area contributed by atoms with Gasteiger partial charge in [0.1, 0.15) is 22.9 Å². The highest BCUT2D eigenvalue weighted by molar-refractivity contribution is 6.33. The van der Waals surface area contributed by atoms with Crippen molar-refractivity contribution in [2.45, 2.75) is 63.8 Å². The molecule has 0 heterocycles. The van der Waals surface area contributed by atoms with Gasteiger partial charge in [0, 0.05) is 57.8 Å². The molecule has 0 saturated heterocycles. The van der Waals surface area contributed by atoms with Crippen LogP contribution in [0.15, 0.2) is 111 Å². The number of hydrogen-bond donors (Lipinski definition) is 4. The Kier molecular flexibility index (Phi) is 19.6. The van der Waals surface area contributed by atoms with E-state index in [1.165, 1.54) is 54.6 Å². The molecule has 0 aliphatic heterocycles. The fourth-order valence-corrected chi connectivity index (χ4v) is 7.16. The van der Waals surface area contributed by atoms with E-state index in [1.807, 2.05) is 13.8 Å². The van der Waals surface area contributed by atoms with E-state index in [0.717, 1.165) is 25.0 Å². The smallest absolute Gasteiger partial charge is 0.258 e. The molecule has 69 heavy (non-hydrogen) atoms. The number of carbonyl (C=O) groups excluding carboxylic acids is 6. The Bertz CT molecular complexity index is 2820. The standard InChI is InChI=1S/C48H45Cl5N8O8/c1-6-68-35-16-28(23-49)14-33(20-35)55-45(64)30-8-11-38(52)41(18-30)58-60-43(26(4)62)47(66)54-32-10-13-40(37(22-32)25(3)51)57-48(67)44(27(5)63)61-59-42-19-31(9-12-39(42)53)46(65)56-34-15-29(24-50)17-36(21-34)69-7-2/h8-22,25,43-44H,6-7,23-24H2,1-5H3,(H,54,66)(H,55,64)(H,56,65)(H,57,67). The van der Waals surface area contributed by atoms with E-state index in [4.69, 9.17) is 67.5 Å². The van der Waals surface area contributed by atoms with Crippen molar-refractivity contribution in [1.29, 1.82) is 0 Å². The van der Waals surface area contributed by atoms with Crippen LogP contribution in [0.2, 0.25) is 10.0 Å². The van der Waals surface area contributed by atoms with Crippen molar-refractivity contribution in [2.75, 3.05) is 34.5 Å². The number of nitrogens with zero attached hydrogens (tertiary/aromatic N) is 4. The molecule has 16 nitrogen and oxygen atoms in total. The number of carbonyl (C=O) groups is 6. The molecule has 4 amide bonds. The Hall–Kier alpha value is -6.43. The maximum Gasteiger partial charge on any atom is 0.258 e. The molecular formula is C48H45Cl5N8O8. The lowest BCUT2D eigenvalue weighted by atomic mass is 10.1. The van der Waals surface area contributed by atoms with E-state index in [-0.39, 0.29) is 55.7 Å². The van der Waals surface area contributed by atoms with Gasteiger partial charge in [-0.15, -0.1) is 34.8 Å². The lowest BCUT2D eigenvalue weighted by molar-refractivity contribution is -0.127. The largest absolute Gasteiger partial charge is 0.494 e. The topological polar surface area (TPSA) is 218 Å². The molecule has 5 aromatic rings. The number of rotatable bonds is 21. The van der Waals surface area contributed by atoms with Crippen molar-refractivity contribution in [1.82, 2.24) is 0 Å². The van der Waals surface area contributed by atoms with E-state index in [1.54, 1.807) is 43.3 Å². The molecule has 4 N–H and O–H groups in total. The molecule has 0 bridgehead atoms. The van der Waals surface area contributed by atoms with Gasteiger partial charge in [-0.05, 0) is 130 Å². The van der Waals surface area contributed by atoms with E-state index >= 15 is 0 Å². The monoisotopic (exact) mass is 1040 g/mol. The Morgan fingerprint density at radius 2 is 1.01 bits per heavy atom. The molecule has 0 aromatic heterocycles. The number of Topliss-reactive ketones (excluding diaryl/α,β-unsaturated/α-hetero) is 2. The van der Waals surface area contributed by atoms with E-state index in [9.17, 15) is 28.8 Å². The summed E-state index contributed by atoms with van der Waals surface area (Å²) in [6, 6.07) is 19.7. The number of amides is 4. The number of alkyl halides is 3. The van der Waals surface area contributed by atoms with Crippen LogP contribution in [0.1, 0.15) is 77.4 Å². The molecule has 0 aliphatic carbocycles. The molecule has 0 radical (unpaired) electrons. The molecular weight excluding hydrogens is 994 g/mol. The maximum atomic E-state index is 13.6. The predicted molar refractivity (Wildman–Crippen MR) is 269 cm³/mol. The lowest BCUT2D eigenvalue weighted by Gasteiger charge is -2.17. The van der Waals surface area contributed by atoms with E-state index < -0.39 is 52.7 Å². The van der Waals surface area contributed by atoms with Crippen molar-refractivity contribution in [3.63, 3.8) is 0 Å². The number of azo groups is 2. The lowest BCUT2D eigenvalue weighted by Crippen LogP contribution is -2.32. The Morgan fingerprint density at radius 1 is 0.565 bits per heavy atom. The van der Waals surface area contributed by atoms with Crippen molar-refractivity contribution in [3.05, 3.63) is 129 Å². The summed E-state index contributed by atoms with van der Waals surface area (Å²) in [4.78, 5) is 79.0. The molecule has 0 aliphatic rings. The second-order valence-corrected chi connectivity index (χ2v) is 17.0. The fraction of sp³-hybridized carbons (Fsp3) is 0.250. The van der Waals surface area contributed by atoms with Gasteiger partial charge in [-0.2, -0.15) is 20.5 Å². The van der Waals surface area contributed by atoms with Gasteiger partial charge in [0.15, 0.2) is 11.6 Å². The summed E-state index contributed by atoms with van der Waals surface area (Å²) in [6.07, 6.45) is 0. The number of halogens is 5. The van der Waals surface area contributed by atoms with Gasteiger partial charge >= 0.3 is 0 Å². The zero-order valence-electron chi connectivity index (χ0n) is 37.7. The maximum absolute atomic E-state index is 13.6. The quantitative estimate of drug-likeness (QED) is 0.0314. The zero-order chi connectivity index (χ0) is 50.4. The van der Waals surface area contributed by atoms with Crippen LogP contribution in [0.25, 0.3) is 0 Å². The minimum atomic E-state index is -1.65. The highest BCUT2D eigenvalue weighted by atomic mass is 35.5. The van der Waals surface area contributed by atoms with Gasteiger partial charge in [0.05, 0.1) is 28.6 Å².